The molecule has 0 amide bonds. The molecule has 0 atom stereocenters. The lowest BCUT2D eigenvalue weighted by molar-refractivity contribution is 0.0756. The fourth-order valence-corrected chi connectivity index (χ4v) is 4.37. The van der Waals surface area contributed by atoms with Crippen LogP contribution in [-0.4, -0.2) is 15.7 Å². The molecule has 102 valence electrons. The van der Waals surface area contributed by atoms with Crippen LogP contribution in [0.2, 0.25) is 5.21 Å². The highest BCUT2D eigenvalue weighted by atomic mass is 14.5. The first kappa shape index (κ1) is 14.5. The molecule has 0 N–H and O–H groups in total. The fraction of sp³-hybridized carbons (Fsp3) is 1.00. The Labute approximate surface area is 117 Å². The first-order valence-corrected chi connectivity index (χ1v) is 8.27. The van der Waals surface area contributed by atoms with Gasteiger partial charge in [-0.15, -0.1) is 0 Å². The number of rotatable bonds is 1. The molecule has 0 saturated heterocycles. The van der Waals surface area contributed by atoms with E-state index in [1.165, 1.54) is 57.8 Å². The summed E-state index contributed by atoms with van der Waals surface area (Å²) in [5, 5.41) is 0.489. The monoisotopic (exact) mass is 246 g/mol. The van der Waals surface area contributed by atoms with Gasteiger partial charge >= 0.3 is 0 Å². The van der Waals surface area contributed by atoms with E-state index in [1.807, 2.05) is 0 Å². The maximum atomic E-state index is 2.51. The van der Waals surface area contributed by atoms with E-state index in [4.69, 9.17) is 0 Å². The van der Waals surface area contributed by atoms with E-state index in [1.54, 1.807) is 0 Å². The lowest BCUT2D eigenvalue weighted by Gasteiger charge is -2.51. The Bertz CT molecular complexity index is 272. The van der Waals surface area contributed by atoms with Crippen molar-refractivity contribution in [2.24, 2.45) is 16.7 Å². The van der Waals surface area contributed by atoms with Gasteiger partial charge in [-0.3, -0.25) is 0 Å². The lowest BCUT2D eigenvalue weighted by Crippen LogP contribution is -2.41. The molecule has 0 aromatic heterocycles. The van der Waals surface area contributed by atoms with E-state index in [0.29, 0.717) is 10.6 Å². The van der Waals surface area contributed by atoms with Crippen LogP contribution in [0.15, 0.2) is 0 Å². The highest BCUT2D eigenvalue weighted by Gasteiger charge is 2.44. The largest absolute Gasteiger partial charge is 0.100 e. The minimum atomic E-state index is 0.439. The fourth-order valence-electron chi connectivity index (χ4n) is 4.37. The Morgan fingerprint density at radius 1 is 0.833 bits per heavy atom. The molecule has 0 aromatic rings. The van der Waals surface area contributed by atoms with E-state index < -0.39 is 0 Å². The first-order chi connectivity index (χ1) is 8.27. The quantitative estimate of drug-likeness (QED) is 0.620. The normalized spacial score (nSPS) is 26.4. The van der Waals surface area contributed by atoms with Crippen molar-refractivity contribution in [3.8, 4) is 0 Å². The maximum absolute atomic E-state index is 2.51. The summed E-state index contributed by atoms with van der Waals surface area (Å²) in [5.74, 6) is 0.949. The molecule has 0 nitrogen and oxygen atoms in total. The summed E-state index contributed by atoms with van der Waals surface area (Å²) in [6, 6.07) is 0. The van der Waals surface area contributed by atoms with Crippen molar-refractivity contribution in [3.63, 3.8) is 0 Å². The van der Waals surface area contributed by atoms with Gasteiger partial charge in [-0.2, -0.15) is 0 Å². The van der Waals surface area contributed by atoms with Crippen LogP contribution in [0.5, 0.6) is 0 Å². The van der Waals surface area contributed by atoms with Crippen molar-refractivity contribution in [3.05, 3.63) is 0 Å². The van der Waals surface area contributed by atoms with E-state index >= 15 is 0 Å². The minimum absolute atomic E-state index is 0.439. The predicted octanol–water partition coefficient (Wildman–Crippen LogP) is 3.56. The third kappa shape index (κ3) is 2.68. The first-order valence-electron chi connectivity index (χ1n) is 8.27. The summed E-state index contributed by atoms with van der Waals surface area (Å²) < 4.78 is 0. The molecule has 2 heteroatoms. The smallest absolute Gasteiger partial charge is 0.0771 e. The van der Waals surface area contributed by atoms with Gasteiger partial charge in [-0.25, -0.2) is 0 Å². The van der Waals surface area contributed by atoms with Gasteiger partial charge in [0, 0.05) is 0 Å². The zero-order valence-electron chi connectivity index (χ0n) is 13.4. The second-order valence-corrected chi connectivity index (χ2v) is 8.81. The molecule has 0 unspecified atom stereocenters. The van der Waals surface area contributed by atoms with Crippen LogP contribution >= 0.6 is 0 Å². The summed E-state index contributed by atoms with van der Waals surface area (Å²) >= 11 is 0. The third-order valence-electron chi connectivity index (χ3n) is 6.91. The number of hydrogen-bond acceptors (Lipinski definition) is 0. The molecule has 2 aliphatic carbocycles. The van der Waals surface area contributed by atoms with Crippen molar-refractivity contribution in [2.75, 3.05) is 0 Å². The molecule has 1 spiro atoms. The van der Waals surface area contributed by atoms with Gasteiger partial charge in [-0.05, 0) is 42.4 Å². The van der Waals surface area contributed by atoms with Crippen molar-refractivity contribution >= 4 is 15.7 Å². The average molecular weight is 246 g/mol. The zero-order valence-corrected chi connectivity index (χ0v) is 13.4. The van der Waals surface area contributed by atoms with E-state index in [9.17, 15) is 0 Å². The summed E-state index contributed by atoms with van der Waals surface area (Å²) in [5.41, 5.74) is 1.22. The molecule has 0 radical (unpaired) electrons. The van der Waals surface area contributed by atoms with Crippen LogP contribution in [0.25, 0.3) is 0 Å². The van der Waals surface area contributed by atoms with Gasteiger partial charge in [0.1, 0.15) is 15.7 Å². The van der Waals surface area contributed by atoms with Gasteiger partial charge in [-0.1, -0.05) is 58.1 Å². The van der Waals surface area contributed by atoms with Crippen LogP contribution in [0, 0.1) is 16.7 Å². The molecular formula is C16H32B2. The molecule has 2 saturated carbocycles. The Hall–Kier alpha value is 0.130. The number of hydrogen-bond donors (Lipinski definition) is 0. The van der Waals surface area contributed by atoms with E-state index in [-0.39, 0.29) is 0 Å². The van der Waals surface area contributed by atoms with Gasteiger partial charge in [0.25, 0.3) is 0 Å². The van der Waals surface area contributed by atoms with Crippen molar-refractivity contribution < 1.29 is 0 Å². The van der Waals surface area contributed by atoms with Gasteiger partial charge in [0.2, 0.25) is 0 Å². The lowest BCUT2D eigenvalue weighted by atomic mass is 9.36. The van der Waals surface area contributed by atoms with E-state index in [2.05, 4.69) is 36.5 Å². The summed E-state index contributed by atoms with van der Waals surface area (Å²) in [7, 11) is 5.02. The van der Waals surface area contributed by atoms with Crippen LogP contribution in [0.1, 0.15) is 78.6 Å². The van der Waals surface area contributed by atoms with Crippen molar-refractivity contribution in [1.29, 1.82) is 0 Å². The Balaban J connectivity index is 1.98. The summed E-state index contributed by atoms with van der Waals surface area (Å²) in [6.45, 7) is 7.29. The summed E-state index contributed by atoms with van der Waals surface area (Å²) in [6.07, 6.45) is 13.6. The van der Waals surface area contributed by atoms with Crippen LogP contribution in [0.4, 0.5) is 0 Å². The second-order valence-electron chi connectivity index (χ2n) is 8.81. The Kier molecular flexibility index (Phi) is 3.96. The molecule has 0 heterocycles. The molecule has 2 fully saturated rings. The average Bonchev–Trinajstić information content (AvgIpc) is 2.29. The van der Waals surface area contributed by atoms with E-state index in [0.717, 1.165) is 11.3 Å². The van der Waals surface area contributed by atoms with Crippen molar-refractivity contribution in [1.82, 2.24) is 0 Å². The topological polar surface area (TPSA) is 0 Å². The standard InChI is InChI=1S/C16H32B2/c1-14(2,3)16(17,18)13-7-11-15(12-8-13)9-5-4-6-10-15/h13H,4-12,17-18H2,1-3H3. The zero-order chi connectivity index (χ0) is 13.4. The van der Waals surface area contributed by atoms with Crippen LogP contribution in [0.3, 0.4) is 0 Å². The SMILES string of the molecule is BC(B)(C1CCC2(CCCCC2)CC1)C(C)(C)C. The molecule has 2 rings (SSSR count). The van der Waals surface area contributed by atoms with Crippen molar-refractivity contribution in [2.45, 2.75) is 83.8 Å². The predicted molar refractivity (Wildman–Crippen MR) is 86.7 cm³/mol. The van der Waals surface area contributed by atoms with Crippen LogP contribution < -0.4 is 0 Å². The van der Waals surface area contributed by atoms with Crippen LogP contribution in [-0.2, 0) is 0 Å². The third-order valence-corrected chi connectivity index (χ3v) is 6.91. The van der Waals surface area contributed by atoms with Gasteiger partial charge in [0.15, 0.2) is 0 Å². The molecule has 0 bridgehead atoms. The van der Waals surface area contributed by atoms with Gasteiger partial charge < -0.3 is 0 Å². The van der Waals surface area contributed by atoms with Gasteiger partial charge in [0.05, 0.1) is 0 Å². The minimum Gasteiger partial charge on any atom is -0.0771 e. The molecule has 2 aliphatic rings. The highest BCUT2D eigenvalue weighted by Crippen LogP contribution is 2.56. The second kappa shape index (κ2) is 4.91. The Morgan fingerprint density at radius 3 is 1.78 bits per heavy atom. The molecular weight excluding hydrogens is 214 g/mol. The molecule has 0 aliphatic heterocycles. The molecule has 0 aromatic carbocycles. The molecule has 18 heavy (non-hydrogen) atoms. The maximum Gasteiger partial charge on any atom is 0.100 e. The highest BCUT2D eigenvalue weighted by molar-refractivity contribution is 6.40. The Morgan fingerprint density at radius 2 is 1.33 bits per heavy atom. The summed E-state index contributed by atoms with van der Waals surface area (Å²) in [4.78, 5) is 0.